The third kappa shape index (κ3) is 5.18. The Bertz CT molecular complexity index is 475. The van der Waals surface area contributed by atoms with E-state index in [1.54, 1.807) is 27.7 Å². The molecule has 0 unspecified atom stereocenters. The zero-order valence-electron chi connectivity index (χ0n) is 11.9. The molecule has 0 aliphatic heterocycles. The lowest BCUT2D eigenvalue weighted by Crippen LogP contribution is -2.24. The van der Waals surface area contributed by atoms with Crippen LogP contribution >= 0.6 is 0 Å². The van der Waals surface area contributed by atoms with Crippen LogP contribution in [0, 0.1) is 6.92 Å². The van der Waals surface area contributed by atoms with Crippen LogP contribution in [0.25, 0.3) is 0 Å². The summed E-state index contributed by atoms with van der Waals surface area (Å²) < 4.78 is 42.6. The molecule has 20 heavy (non-hydrogen) atoms. The van der Waals surface area contributed by atoms with Gasteiger partial charge in [0.25, 0.3) is 0 Å². The van der Waals surface area contributed by atoms with E-state index >= 15 is 0 Å². The number of rotatable bonds is 4. The molecule has 0 saturated carbocycles. The van der Waals surface area contributed by atoms with Gasteiger partial charge >= 0.3 is 12.1 Å². The summed E-state index contributed by atoms with van der Waals surface area (Å²) in [7, 11) is 0. The summed E-state index contributed by atoms with van der Waals surface area (Å²) in [4.78, 5) is 11.8. The lowest BCUT2D eigenvalue weighted by Gasteiger charge is -2.18. The van der Waals surface area contributed by atoms with Crippen LogP contribution in [0.1, 0.15) is 49.8 Å². The lowest BCUT2D eigenvalue weighted by molar-refractivity contribution is -0.136. The molecule has 1 aromatic heterocycles. The van der Waals surface area contributed by atoms with Gasteiger partial charge < -0.3 is 4.74 Å². The molecule has 0 radical (unpaired) electrons. The van der Waals surface area contributed by atoms with Gasteiger partial charge in [-0.2, -0.15) is 13.2 Å². The summed E-state index contributed by atoms with van der Waals surface area (Å²) in [6, 6.07) is 0. The van der Waals surface area contributed by atoms with Gasteiger partial charge in [-0.05, 0) is 34.1 Å². The molecule has 0 atom stereocenters. The molecule has 0 aliphatic rings. The molecule has 8 heteroatoms. The van der Waals surface area contributed by atoms with Crippen molar-refractivity contribution >= 4 is 5.97 Å². The molecule has 0 fully saturated rings. The SMILES string of the molecule is Cc1c(C(=O)OC(C)(C)C)nnn1CCCC(F)(F)F. The molecule has 0 spiro atoms. The van der Waals surface area contributed by atoms with E-state index < -0.39 is 24.2 Å². The fourth-order valence-electron chi connectivity index (χ4n) is 1.52. The molecular weight excluding hydrogens is 275 g/mol. The summed E-state index contributed by atoms with van der Waals surface area (Å²) in [5.74, 6) is -0.628. The number of esters is 1. The first-order valence-corrected chi connectivity index (χ1v) is 6.20. The highest BCUT2D eigenvalue weighted by Gasteiger charge is 2.27. The minimum atomic E-state index is -4.19. The maximum absolute atomic E-state index is 12.1. The minimum Gasteiger partial charge on any atom is -0.455 e. The Kier molecular flexibility index (Phi) is 4.77. The Morgan fingerprint density at radius 3 is 2.40 bits per heavy atom. The molecule has 0 bridgehead atoms. The van der Waals surface area contributed by atoms with Gasteiger partial charge in [0.2, 0.25) is 0 Å². The van der Waals surface area contributed by atoms with E-state index in [4.69, 9.17) is 4.74 Å². The van der Waals surface area contributed by atoms with Crippen molar-refractivity contribution in [3.05, 3.63) is 11.4 Å². The standard InChI is InChI=1S/C12H18F3N3O2/c1-8-9(10(19)20-11(2,3)4)16-17-18(8)7-5-6-12(13,14)15/h5-7H2,1-4H3. The van der Waals surface area contributed by atoms with Crippen LogP contribution in [0.3, 0.4) is 0 Å². The second-order valence-corrected chi connectivity index (χ2v) is 5.47. The van der Waals surface area contributed by atoms with Gasteiger partial charge in [-0.15, -0.1) is 5.10 Å². The molecule has 1 rings (SSSR count). The van der Waals surface area contributed by atoms with Crippen LogP contribution in [0.15, 0.2) is 0 Å². The Hall–Kier alpha value is -1.60. The van der Waals surface area contributed by atoms with Gasteiger partial charge in [0.05, 0.1) is 5.69 Å². The predicted molar refractivity (Wildman–Crippen MR) is 65.2 cm³/mol. The van der Waals surface area contributed by atoms with Crippen molar-refractivity contribution in [1.29, 1.82) is 0 Å². The van der Waals surface area contributed by atoms with Crippen LogP contribution in [0.4, 0.5) is 13.2 Å². The number of aryl methyl sites for hydroxylation is 1. The third-order valence-corrected chi connectivity index (χ3v) is 2.40. The van der Waals surface area contributed by atoms with Crippen molar-refractivity contribution in [2.75, 3.05) is 0 Å². The van der Waals surface area contributed by atoms with E-state index in [0.29, 0.717) is 5.69 Å². The van der Waals surface area contributed by atoms with Gasteiger partial charge in [0.1, 0.15) is 5.60 Å². The molecule has 0 N–H and O–H groups in total. The Morgan fingerprint density at radius 2 is 1.90 bits per heavy atom. The molecule has 0 amide bonds. The second kappa shape index (κ2) is 5.80. The maximum atomic E-state index is 12.1. The molecule has 1 heterocycles. The molecule has 114 valence electrons. The van der Waals surface area contributed by atoms with Gasteiger partial charge in [-0.3, -0.25) is 0 Å². The van der Waals surface area contributed by atoms with Crippen LogP contribution in [-0.2, 0) is 11.3 Å². The zero-order chi connectivity index (χ0) is 15.6. The van der Waals surface area contributed by atoms with Crippen LogP contribution in [0.2, 0.25) is 0 Å². The monoisotopic (exact) mass is 293 g/mol. The van der Waals surface area contributed by atoms with Gasteiger partial charge in [-0.25, -0.2) is 9.48 Å². The summed E-state index contributed by atoms with van der Waals surface area (Å²) in [5, 5.41) is 7.36. The number of carbonyl (C=O) groups is 1. The van der Waals surface area contributed by atoms with Crippen molar-refractivity contribution in [2.45, 2.75) is 58.9 Å². The number of ether oxygens (including phenoxy) is 1. The van der Waals surface area contributed by atoms with E-state index in [1.165, 1.54) is 4.68 Å². The van der Waals surface area contributed by atoms with E-state index in [-0.39, 0.29) is 18.7 Å². The molecule has 5 nitrogen and oxygen atoms in total. The summed E-state index contributed by atoms with van der Waals surface area (Å²) in [6.07, 6.45) is -5.20. The number of aromatic nitrogens is 3. The normalized spacial score (nSPS) is 12.6. The van der Waals surface area contributed by atoms with Crippen molar-refractivity contribution in [2.24, 2.45) is 0 Å². The Morgan fingerprint density at radius 1 is 1.30 bits per heavy atom. The highest BCUT2D eigenvalue weighted by Crippen LogP contribution is 2.22. The molecular formula is C12H18F3N3O2. The Balaban J connectivity index is 2.68. The van der Waals surface area contributed by atoms with Crippen molar-refractivity contribution in [1.82, 2.24) is 15.0 Å². The van der Waals surface area contributed by atoms with Crippen LogP contribution in [-0.4, -0.2) is 32.7 Å². The predicted octanol–water partition coefficient (Wildman–Crippen LogP) is 2.88. The fourth-order valence-corrected chi connectivity index (χ4v) is 1.52. The average Bonchev–Trinajstić information content (AvgIpc) is 2.56. The number of hydrogen-bond acceptors (Lipinski definition) is 4. The molecule has 0 aliphatic carbocycles. The van der Waals surface area contributed by atoms with Crippen molar-refractivity contribution in [3.8, 4) is 0 Å². The number of carbonyl (C=O) groups excluding carboxylic acids is 1. The van der Waals surface area contributed by atoms with Crippen LogP contribution < -0.4 is 0 Å². The maximum Gasteiger partial charge on any atom is 0.389 e. The average molecular weight is 293 g/mol. The van der Waals surface area contributed by atoms with Gasteiger partial charge in [-0.1, -0.05) is 5.21 Å². The van der Waals surface area contributed by atoms with Gasteiger partial charge in [0, 0.05) is 13.0 Å². The van der Waals surface area contributed by atoms with E-state index in [0.717, 1.165) is 0 Å². The number of nitrogens with zero attached hydrogens (tertiary/aromatic N) is 3. The minimum absolute atomic E-state index is 0.0342. The first-order chi connectivity index (χ1) is 8.99. The highest BCUT2D eigenvalue weighted by atomic mass is 19.4. The molecule has 1 aromatic rings. The smallest absolute Gasteiger partial charge is 0.389 e. The lowest BCUT2D eigenvalue weighted by atomic mass is 10.2. The number of alkyl halides is 3. The van der Waals surface area contributed by atoms with Crippen molar-refractivity contribution < 1.29 is 22.7 Å². The van der Waals surface area contributed by atoms with E-state index in [2.05, 4.69) is 10.3 Å². The topological polar surface area (TPSA) is 57.0 Å². The highest BCUT2D eigenvalue weighted by molar-refractivity contribution is 5.88. The Labute approximate surface area is 115 Å². The molecule has 0 aromatic carbocycles. The second-order valence-electron chi connectivity index (χ2n) is 5.47. The van der Waals surface area contributed by atoms with Crippen LogP contribution in [0.5, 0.6) is 0 Å². The summed E-state index contributed by atoms with van der Waals surface area (Å²) in [6.45, 7) is 6.78. The van der Waals surface area contributed by atoms with E-state index in [1.807, 2.05) is 0 Å². The quantitative estimate of drug-likeness (QED) is 0.801. The summed E-state index contributed by atoms with van der Waals surface area (Å²) in [5.41, 5.74) is -0.225. The van der Waals surface area contributed by atoms with E-state index in [9.17, 15) is 18.0 Å². The third-order valence-electron chi connectivity index (χ3n) is 2.40. The largest absolute Gasteiger partial charge is 0.455 e. The van der Waals surface area contributed by atoms with Gasteiger partial charge in [0.15, 0.2) is 5.69 Å². The number of hydrogen-bond donors (Lipinski definition) is 0. The number of halogens is 3. The first kappa shape index (κ1) is 16.5. The summed E-state index contributed by atoms with van der Waals surface area (Å²) >= 11 is 0. The van der Waals surface area contributed by atoms with Crippen molar-refractivity contribution in [3.63, 3.8) is 0 Å². The first-order valence-electron chi connectivity index (χ1n) is 6.20. The molecule has 0 saturated heterocycles. The zero-order valence-corrected chi connectivity index (χ0v) is 11.9. The fraction of sp³-hybridized carbons (Fsp3) is 0.750.